The highest BCUT2D eigenvalue weighted by molar-refractivity contribution is 5.84. The van der Waals surface area contributed by atoms with Gasteiger partial charge in [-0.2, -0.15) is 0 Å². The first-order valence-corrected chi connectivity index (χ1v) is 6.30. The molecule has 98 valence electrons. The molecule has 5 heteroatoms. The standard InChI is InChI=1S/C12H22N2O3/c1-4-17-11(15)10-7-5-6-8-14(10)12(16)13-9(2)3/h9-10H,4-8H2,1-3H3,(H,13,16). The monoisotopic (exact) mass is 242 g/mol. The zero-order valence-electron chi connectivity index (χ0n) is 10.9. The van der Waals surface area contributed by atoms with Crippen LogP contribution in [0.3, 0.4) is 0 Å². The lowest BCUT2D eigenvalue weighted by Gasteiger charge is -2.34. The molecule has 5 nitrogen and oxygen atoms in total. The summed E-state index contributed by atoms with van der Waals surface area (Å²) in [4.78, 5) is 25.3. The van der Waals surface area contributed by atoms with Crippen LogP contribution in [-0.4, -0.2) is 42.1 Å². The molecule has 1 N–H and O–H groups in total. The van der Waals surface area contributed by atoms with Gasteiger partial charge in [-0.05, 0) is 40.0 Å². The van der Waals surface area contributed by atoms with E-state index in [-0.39, 0.29) is 18.0 Å². The highest BCUT2D eigenvalue weighted by atomic mass is 16.5. The van der Waals surface area contributed by atoms with Gasteiger partial charge in [-0.3, -0.25) is 0 Å². The molecule has 1 aliphatic rings. The van der Waals surface area contributed by atoms with E-state index in [2.05, 4.69) is 5.32 Å². The normalized spacial score (nSPS) is 20.2. The van der Waals surface area contributed by atoms with Crippen LogP contribution in [0.2, 0.25) is 0 Å². The fourth-order valence-corrected chi connectivity index (χ4v) is 1.99. The largest absolute Gasteiger partial charge is 0.464 e. The van der Waals surface area contributed by atoms with Gasteiger partial charge in [-0.25, -0.2) is 9.59 Å². The number of nitrogens with one attached hydrogen (secondary N) is 1. The second kappa shape index (κ2) is 6.47. The molecule has 2 amide bonds. The van der Waals surface area contributed by atoms with Crippen LogP contribution in [0.1, 0.15) is 40.0 Å². The van der Waals surface area contributed by atoms with Crippen LogP contribution in [0.25, 0.3) is 0 Å². The Morgan fingerprint density at radius 3 is 2.71 bits per heavy atom. The Balaban J connectivity index is 2.65. The van der Waals surface area contributed by atoms with Crippen LogP contribution in [0.5, 0.6) is 0 Å². The van der Waals surface area contributed by atoms with Crippen LogP contribution in [0.4, 0.5) is 4.79 Å². The molecule has 1 atom stereocenters. The number of esters is 1. The minimum absolute atomic E-state index is 0.0762. The first kappa shape index (κ1) is 13.8. The Bertz CT molecular complexity index is 279. The van der Waals surface area contributed by atoms with Crippen molar-refractivity contribution in [1.82, 2.24) is 10.2 Å². The Kier molecular flexibility index (Phi) is 5.25. The van der Waals surface area contributed by atoms with Crippen LogP contribution in [0.15, 0.2) is 0 Å². The molecule has 0 aliphatic carbocycles. The quantitative estimate of drug-likeness (QED) is 0.763. The number of urea groups is 1. The number of carbonyl (C=O) groups excluding carboxylic acids is 2. The number of amides is 2. The first-order valence-electron chi connectivity index (χ1n) is 6.30. The fraction of sp³-hybridized carbons (Fsp3) is 0.833. The Hall–Kier alpha value is -1.26. The summed E-state index contributed by atoms with van der Waals surface area (Å²) in [5.41, 5.74) is 0. The Labute approximate surface area is 102 Å². The minimum Gasteiger partial charge on any atom is -0.464 e. The van der Waals surface area contributed by atoms with E-state index in [9.17, 15) is 9.59 Å². The maximum Gasteiger partial charge on any atom is 0.328 e. The van der Waals surface area contributed by atoms with Crippen molar-refractivity contribution in [3.8, 4) is 0 Å². The summed E-state index contributed by atoms with van der Waals surface area (Å²) in [7, 11) is 0. The van der Waals surface area contributed by atoms with Crippen LogP contribution < -0.4 is 5.32 Å². The summed E-state index contributed by atoms with van der Waals surface area (Å²) < 4.78 is 5.01. The number of hydrogen-bond acceptors (Lipinski definition) is 3. The van der Waals surface area contributed by atoms with E-state index in [0.29, 0.717) is 19.6 Å². The molecule has 1 rings (SSSR count). The van der Waals surface area contributed by atoms with Gasteiger partial charge in [0.1, 0.15) is 6.04 Å². The molecule has 0 bridgehead atoms. The van der Waals surface area contributed by atoms with Crippen molar-refractivity contribution in [3.05, 3.63) is 0 Å². The summed E-state index contributed by atoms with van der Waals surface area (Å²) in [6.07, 6.45) is 2.61. The smallest absolute Gasteiger partial charge is 0.328 e. The van der Waals surface area contributed by atoms with Crippen LogP contribution in [-0.2, 0) is 9.53 Å². The number of nitrogens with zero attached hydrogens (tertiary/aromatic N) is 1. The van der Waals surface area contributed by atoms with Gasteiger partial charge in [-0.15, -0.1) is 0 Å². The predicted octanol–water partition coefficient (Wildman–Crippen LogP) is 1.52. The second-order valence-electron chi connectivity index (χ2n) is 4.56. The van der Waals surface area contributed by atoms with Crippen molar-refractivity contribution in [3.63, 3.8) is 0 Å². The first-order chi connectivity index (χ1) is 8.06. The lowest BCUT2D eigenvalue weighted by atomic mass is 10.0. The average molecular weight is 242 g/mol. The molecular weight excluding hydrogens is 220 g/mol. The molecule has 0 aromatic rings. The van der Waals surface area contributed by atoms with E-state index in [4.69, 9.17) is 4.74 Å². The number of hydrogen-bond donors (Lipinski definition) is 1. The van der Waals surface area contributed by atoms with E-state index in [1.807, 2.05) is 13.8 Å². The van der Waals surface area contributed by atoms with Crippen molar-refractivity contribution in [2.75, 3.05) is 13.2 Å². The molecular formula is C12H22N2O3. The number of ether oxygens (including phenoxy) is 1. The van der Waals surface area contributed by atoms with E-state index >= 15 is 0 Å². The van der Waals surface area contributed by atoms with Gasteiger partial charge < -0.3 is 15.0 Å². The molecule has 1 fully saturated rings. The van der Waals surface area contributed by atoms with E-state index < -0.39 is 6.04 Å². The molecule has 1 saturated heterocycles. The summed E-state index contributed by atoms with van der Waals surface area (Å²) >= 11 is 0. The maximum atomic E-state index is 11.9. The zero-order chi connectivity index (χ0) is 12.8. The van der Waals surface area contributed by atoms with Gasteiger partial charge in [-0.1, -0.05) is 0 Å². The third-order valence-electron chi connectivity index (χ3n) is 2.73. The topological polar surface area (TPSA) is 58.6 Å². The van der Waals surface area contributed by atoms with E-state index in [0.717, 1.165) is 12.8 Å². The Morgan fingerprint density at radius 2 is 2.12 bits per heavy atom. The predicted molar refractivity (Wildman–Crippen MR) is 64.6 cm³/mol. The molecule has 17 heavy (non-hydrogen) atoms. The van der Waals surface area contributed by atoms with Crippen molar-refractivity contribution in [2.45, 2.75) is 52.1 Å². The van der Waals surface area contributed by atoms with Gasteiger partial charge in [0.15, 0.2) is 0 Å². The van der Waals surface area contributed by atoms with Crippen molar-refractivity contribution >= 4 is 12.0 Å². The number of likely N-dealkylation sites (tertiary alicyclic amines) is 1. The van der Waals surface area contributed by atoms with Crippen molar-refractivity contribution in [1.29, 1.82) is 0 Å². The molecule has 0 saturated carbocycles. The van der Waals surface area contributed by atoms with E-state index in [1.165, 1.54) is 0 Å². The molecule has 0 aromatic carbocycles. The Morgan fingerprint density at radius 1 is 1.41 bits per heavy atom. The summed E-state index contributed by atoms with van der Waals surface area (Å²) in [6, 6.07) is -0.507. The van der Waals surface area contributed by atoms with Gasteiger partial charge in [0.05, 0.1) is 6.61 Å². The lowest BCUT2D eigenvalue weighted by molar-refractivity contribution is -0.149. The second-order valence-corrected chi connectivity index (χ2v) is 4.56. The molecule has 0 aromatic heterocycles. The summed E-state index contributed by atoms with van der Waals surface area (Å²) in [5, 5.41) is 2.82. The summed E-state index contributed by atoms with van der Waals surface area (Å²) in [6.45, 7) is 6.57. The number of piperidine rings is 1. The SMILES string of the molecule is CCOC(=O)C1CCCCN1C(=O)NC(C)C. The number of carbonyl (C=O) groups is 2. The van der Waals surface area contributed by atoms with Gasteiger partial charge >= 0.3 is 12.0 Å². The third-order valence-corrected chi connectivity index (χ3v) is 2.73. The van der Waals surface area contributed by atoms with Crippen LogP contribution in [0, 0.1) is 0 Å². The fourth-order valence-electron chi connectivity index (χ4n) is 1.99. The van der Waals surface area contributed by atoms with Gasteiger partial charge in [0, 0.05) is 12.6 Å². The molecule has 0 spiro atoms. The molecule has 1 unspecified atom stereocenters. The molecule has 0 radical (unpaired) electrons. The lowest BCUT2D eigenvalue weighted by Crippen LogP contribution is -2.53. The minimum atomic E-state index is -0.414. The third kappa shape index (κ3) is 3.91. The zero-order valence-corrected chi connectivity index (χ0v) is 10.9. The molecule has 1 aliphatic heterocycles. The highest BCUT2D eigenvalue weighted by Gasteiger charge is 2.33. The number of rotatable bonds is 3. The summed E-state index contributed by atoms with van der Waals surface area (Å²) in [5.74, 6) is -0.286. The van der Waals surface area contributed by atoms with Crippen molar-refractivity contribution in [2.24, 2.45) is 0 Å². The maximum absolute atomic E-state index is 11.9. The van der Waals surface area contributed by atoms with E-state index in [1.54, 1.807) is 11.8 Å². The van der Waals surface area contributed by atoms with Gasteiger partial charge in [0.2, 0.25) is 0 Å². The van der Waals surface area contributed by atoms with Crippen molar-refractivity contribution < 1.29 is 14.3 Å². The average Bonchev–Trinajstić information content (AvgIpc) is 2.28. The highest BCUT2D eigenvalue weighted by Crippen LogP contribution is 2.18. The van der Waals surface area contributed by atoms with Crippen LogP contribution >= 0.6 is 0 Å². The molecule has 1 heterocycles. The van der Waals surface area contributed by atoms with Gasteiger partial charge in [0.25, 0.3) is 0 Å².